The number of hydrogen-bond acceptors (Lipinski definition) is 12. The van der Waals surface area contributed by atoms with Gasteiger partial charge < -0.3 is 84.7 Å². The van der Waals surface area contributed by atoms with Crippen LogP contribution in [-0.2, 0) is 44.1 Å². The van der Waals surface area contributed by atoms with Crippen molar-refractivity contribution in [2.24, 2.45) is 0 Å². The molecule has 0 spiro atoms. The topological polar surface area (TPSA) is 277 Å². The Morgan fingerprint density at radius 2 is 0.389 bits per heavy atom. The van der Waals surface area contributed by atoms with E-state index in [-0.39, 0.29) is 61.5 Å². The quantitative estimate of drug-likeness (QED) is 0.315. The molecule has 0 aliphatic heterocycles. The van der Waals surface area contributed by atoms with Gasteiger partial charge in [0.1, 0.15) is 0 Å². The fourth-order valence-electron chi connectivity index (χ4n) is 0. The molecular formula is AlNbO12Si3Ti. The molecular weight excluding hydrogens is 444 g/mol. The van der Waals surface area contributed by atoms with E-state index in [1.54, 1.807) is 0 Å². The van der Waals surface area contributed by atoms with Gasteiger partial charge >= 0.3 is 61.5 Å². The Labute approximate surface area is 145 Å². The van der Waals surface area contributed by atoms with Crippen molar-refractivity contribution in [3.8, 4) is 0 Å². The molecule has 96 valence electrons. The molecule has 0 saturated carbocycles. The van der Waals surface area contributed by atoms with Crippen LogP contribution in [0.3, 0.4) is 0 Å². The van der Waals surface area contributed by atoms with E-state index in [9.17, 15) is 0 Å². The van der Waals surface area contributed by atoms with E-state index in [0.717, 1.165) is 0 Å². The summed E-state index contributed by atoms with van der Waals surface area (Å²) in [5.74, 6) is 0. The van der Waals surface area contributed by atoms with E-state index in [4.69, 9.17) is 57.5 Å². The fraction of sp³-hybridized carbons (Fsp3) is 0. The molecule has 18 heavy (non-hydrogen) atoms. The Balaban J connectivity index is -0.0000000277. The molecule has 0 aliphatic carbocycles. The summed E-state index contributed by atoms with van der Waals surface area (Å²) in [6.07, 6.45) is 0. The van der Waals surface area contributed by atoms with Crippen LogP contribution in [-0.4, -0.2) is 44.5 Å². The zero-order valence-corrected chi connectivity index (χ0v) is 15.8. The Kier molecular flexibility index (Phi) is 31.9. The van der Waals surface area contributed by atoms with Gasteiger partial charge in [0.05, 0.1) is 0 Å². The van der Waals surface area contributed by atoms with Crippen molar-refractivity contribution < 1.29 is 102 Å². The van der Waals surface area contributed by atoms with Crippen LogP contribution in [0.4, 0.5) is 0 Å². The van der Waals surface area contributed by atoms with Crippen LogP contribution >= 0.6 is 0 Å². The van der Waals surface area contributed by atoms with Crippen molar-refractivity contribution in [3.05, 3.63) is 0 Å². The van der Waals surface area contributed by atoms with Gasteiger partial charge in [-0.25, -0.2) is 0 Å². The molecule has 12 nitrogen and oxygen atoms in total. The zero-order valence-electron chi connectivity index (χ0n) is 7.92. The average molecular weight is 444 g/mol. The predicted molar refractivity (Wildman–Crippen MR) is 23.0 cm³/mol. The molecule has 18 heteroatoms. The van der Waals surface area contributed by atoms with Crippen molar-refractivity contribution in [2.45, 2.75) is 0 Å². The second-order valence-electron chi connectivity index (χ2n) is 1.50. The van der Waals surface area contributed by atoms with Crippen molar-refractivity contribution in [1.29, 1.82) is 0 Å². The molecule has 0 rings (SSSR count). The van der Waals surface area contributed by atoms with Crippen LogP contribution in [0.1, 0.15) is 0 Å². The van der Waals surface area contributed by atoms with Gasteiger partial charge in [-0.15, -0.1) is 0 Å². The second kappa shape index (κ2) is 15.5. The minimum atomic E-state index is -5.61. The Bertz CT molecular complexity index is 102. The first-order chi connectivity index (χ1) is 6.00. The molecule has 0 aromatic rings. The molecule has 0 N–H and O–H groups in total. The Morgan fingerprint density at radius 3 is 0.389 bits per heavy atom. The standard InChI is InChI=1S/Al.Nb.3O4Si.Ti/c;;3*1-5(2,3)4;/q+3;+5;3*-4;+4. The maximum absolute atomic E-state index is 8.58. The van der Waals surface area contributed by atoms with Gasteiger partial charge in [-0.3, -0.25) is 0 Å². The molecule has 0 aliphatic rings. The maximum Gasteiger partial charge on any atom is 5.00 e. The Morgan fingerprint density at radius 1 is 0.389 bits per heavy atom. The van der Waals surface area contributed by atoms with Crippen molar-refractivity contribution >= 4 is 44.5 Å². The monoisotopic (exact) mass is 444 g/mol. The molecule has 0 unspecified atom stereocenters. The van der Waals surface area contributed by atoms with Crippen LogP contribution in [0.5, 0.6) is 0 Å². The zero-order chi connectivity index (χ0) is 13.5. The van der Waals surface area contributed by atoms with E-state index >= 15 is 0 Å². The SMILES string of the molecule is [Al+3].[Nb+5].[O-][Si]([O-])([O-])[O-].[O-][Si]([O-])([O-])[O-].[O-][Si]([O-])([O-])[O-].[Ti+4]. The first kappa shape index (κ1) is 36.9. The predicted octanol–water partition coefficient (Wildman–Crippen LogP) is -15.8. The van der Waals surface area contributed by atoms with Gasteiger partial charge in [0.2, 0.25) is 0 Å². The van der Waals surface area contributed by atoms with E-state index in [2.05, 4.69) is 0 Å². The molecule has 0 saturated heterocycles. The van der Waals surface area contributed by atoms with Crippen molar-refractivity contribution in [1.82, 2.24) is 0 Å². The van der Waals surface area contributed by atoms with Crippen molar-refractivity contribution in [3.63, 3.8) is 0 Å². The largest absolute Gasteiger partial charge is 5.00 e. The van der Waals surface area contributed by atoms with Crippen molar-refractivity contribution in [2.75, 3.05) is 0 Å². The van der Waals surface area contributed by atoms with Gasteiger partial charge in [-0.05, 0) is 0 Å². The maximum atomic E-state index is 8.58. The first-order valence-corrected chi connectivity index (χ1v) is 7.35. The third-order valence-electron chi connectivity index (χ3n) is 0. The van der Waals surface area contributed by atoms with Crippen LogP contribution < -0.4 is 57.5 Å². The normalized spacial score (nSPS) is 10.0. The van der Waals surface area contributed by atoms with E-state index in [1.165, 1.54) is 0 Å². The molecule has 0 radical (unpaired) electrons. The van der Waals surface area contributed by atoms with Gasteiger partial charge in [-0.2, -0.15) is 0 Å². The van der Waals surface area contributed by atoms with Gasteiger partial charge in [0.15, 0.2) is 0 Å². The van der Waals surface area contributed by atoms with Gasteiger partial charge in [-0.1, -0.05) is 0 Å². The molecule has 0 fully saturated rings. The number of hydrogen-bond donors (Lipinski definition) is 0. The summed E-state index contributed by atoms with van der Waals surface area (Å²) in [6.45, 7) is 0. The molecule has 0 amide bonds. The van der Waals surface area contributed by atoms with Crippen LogP contribution in [0, 0.1) is 0 Å². The minimum Gasteiger partial charge on any atom is -0.894 e. The first-order valence-electron chi connectivity index (χ1n) is 2.45. The summed E-state index contributed by atoms with van der Waals surface area (Å²) >= 11 is 0. The summed E-state index contributed by atoms with van der Waals surface area (Å²) in [5, 5.41) is 0. The fourth-order valence-corrected chi connectivity index (χ4v) is 0. The van der Waals surface area contributed by atoms with E-state index in [1.807, 2.05) is 0 Å². The second-order valence-corrected chi connectivity index (χ2v) is 4.50. The third-order valence-corrected chi connectivity index (χ3v) is 0. The summed E-state index contributed by atoms with van der Waals surface area (Å²) in [7, 11) is -16.8. The summed E-state index contributed by atoms with van der Waals surface area (Å²) in [5.41, 5.74) is 0. The molecule has 0 aromatic heterocycles. The van der Waals surface area contributed by atoms with Gasteiger partial charge in [0, 0.05) is 0 Å². The molecule has 0 heterocycles. The molecule has 0 aromatic carbocycles. The van der Waals surface area contributed by atoms with Gasteiger partial charge in [0.25, 0.3) is 0 Å². The molecule has 0 bridgehead atoms. The van der Waals surface area contributed by atoms with Crippen LogP contribution in [0.2, 0.25) is 0 Å². The summed E-state index contributed by atoms with van der Waals surface area (Å²) < 4.78 is 0. The average Bonchev–Trinajstić information content (AvgIpc) is 1.41. The molecule has 0 atom stereocenters. The number of rotatable bonds is 0. The van der Waals surface area contributed by atoms with Crippen LogP contribution in [0.25, 0.3) is 0 Å². The van der Waals surface area contributed by atoms with Crippen LogP contribution in [0.15, 0.2) is 0 Å². The smallest absolute Gasteiger partial charge is 0.894 e. The summed E-state index contributed by atoms with van der Waals surface area (Å²) in [4.78, 5) is 103. The van der Waals surface area contributed by atoms with E-state index in [0.29, 0.717) is 0 Å². The third kappa shape index (κ3) is 1150. The Hall–Kier alpha value is 2.16. The summed E-state index contributed by atoms with van der Waals surface area (Å²) in [6, 6.07) is 0. The van der Waals surface area contributed by atoms with E-state index < -0.39 is 27.1 Å². The minimum absolute atomic E-state index is 0.